The highest BCUT2D eigenvalue weighted by atomic mass is 35.5. The van der Waals surface area contributed by atoms with E-state index in [1.165, 1.54) is 17.1 Å². The highest BCUT2D eigenvalue weighted by molar-refractivity contribution is 6.33. The number of carbonyl (C=O) groups is 2. The molecule has 0 atom stereocenters. The molecule has 0 radical (unpaired) electrons. The van der Waals surface area contributed by atoms with Crippen LogP contribution in [0.3, 0.4) is 0 Å². The zero-order valence-electron chi connectivity index (χ0n) is 14.8. The van der Waals surface area contributed by atoms with Crippen LogP contribution < -0.4 is 5.32 Å². The van der Waals surface area contributed by atoms with Crippen LogP contribution in [0.2, 0.25) is 5.02 Å². The topological polar surface area (TPSA) is 73.2 Å². The van der Waals surface area contributed by atoms with Gasteiger partial charge in [-0.3, -0.25) is 9.48 Å². The average Bonchev–Trinajstić information content (AvgIpc) is 3.05. The van der Waals surface area contributed by atoms with Gasteiger partial charge in [-0.25, -0.2) is 4.79 Å². The van der Waals surface area contributed by atoms with Gasteiger partial charge in [0.25, 0.3) is 5.91 Å². The molecule has 1 amide bonds. The van der Waals surface area contributed by atoms with Crippen LogP contribution in [0.4, 0.5) is 18.9 Å². The molecule has 0 bridgehead atoms. The molecule has 150 valence electrons. The maximum Gasteiger partial charge on any atom is 0.416 e. The summed E-state index contributed by atoms with van der Waals surface area (Å²) in [6.45, 7) is 1.89. The molecule has 1 aromatic carbocycles. The highest BCUT2D eigenvalue weighted by Crippen LogP contribution is 2.41. The van der Waals surface area contributed by atoms with Crippen LogP contribution in [0, 0.1) is 0 Å². The summed E-state index contributed by atoms with van der Waals surface area (Å²) in [6, 6.07) is 2.72. The Hall–Kier alpha value is -2.55. The van der Waals surface area contributed by atoms with Gasteiger partial charge in [0.15, 0.2) is 0 Å². The van der Waals surface area contributed by atoms with Gasteiger partial charge in [-0.2, -0.15) is 18.3 Å². The van der Waals surface area contributed by atoms with Gasteiger partial charge < -0.3 is 10.1 Å². The second-order valence-electron chi connectivity index (χ2n) is 6.43. The van der Waals surface area contributed by atoms with Gasteiger partial charge in [-0.1, -0.05) is 11.6 Å². The lowest BCUT2D eigenvalue weighted by atomic mass is 9.76. The van der Waals surface area contributed by atoms with Gasteiger partial charge in [0.1, 0.15) is 5.54 Å². The minimum Gasteiger partial charge on any atom is -0.462 e. The van der Waals surface area contributed by atoms with E-state index < -0.39 is 29.2 Å². The molecule has 1 aromatic heterocycles. The number of amides is 1. The molecule has 0 unspecified atom stereocenters. The van der Waals surface area contributed by atoms with E-state index in [0.29, 0.717) is 12.8 Å². The van der Waals surface area contributed by atoms with Crippen LogP contribution in [0.5, 0.6) is 0 Å². The number of hydrogen-bond acceptors (Lipinski definition) is 4. The minimum atomic E-state index is -4.53. The SMILES string of the molecule is CCOC(=O)c1cnn(C2(C(=O)Nc3ccc(C(F)(F)F)cc3Cl)CCC2)c1. The van der Waals surface area contributed by atoms with Crippen molar-refractivity contribution in [2.45, 2.75) is 37.9 Å². The van der Waals surface area contributed by atoms with Crippen molar-refractivity contribution in [1.29, 1.82) is 0 Å². The van der Waals surface area contributed by atoms with E-state index in [2.05, 4.69) is 10.4 Å². The van der Waals surface area contributed by atoms with Gasteiger partial charge in [0, 0.05) is 6.20 Å². The predicted molar refractivity (Wildman–Crippen MR) is 95.1 cm³/mol. The Morgan fingerprint density at radius 2 is 2.07 bits per heavy atom. The van der Waals surface area contributed by atoms with Gasteiger partial charge >= 0.3 is 12.1 Å². The molecule has 0 saturated heterocycles. The van der Waals surface area contributed by atoms with E-state index in [-0.39, 0.29) is 22.9 Å². The molecule has 1 N–H and O–H groups in total. The Morgan fingerprint density at radius 1 is 1.36 bits per heavy atom. The fourth-order valence-electron chi connectivity index (χ4n) is 2.98. The largest absolute Gasteiger partial charge is 0.462 e. The van der Waals surface area contributed by atoms with Gasteiger partial charge in [-0.15, -0.1) is 0 Å². The molecule has 3 rings (SSSR count). The summed E-state index contributed by atoms with van der Waals surface area (Å²) in [5.74, 6) is -1.01. The third-order valence-electron chi connectivity index (χ3n) is 4.68. The number of nitrogens with one attached hydrogen (secondary N) is 1. The zero-order valence-corrected chi connectivity index (χ0v) is 15.6. The quantitative estimate of drug-likeness (QED) is 0.741. The van der Waals surface area contributed by atoms with Crippen molar-refractivity contribution in [3.8, 4) is 0 Å². The van der Waals surface area contributed by atoms with Crippen LogP contribution >= 0.6 is 11.6 Å². The smallest absolute Gasteiger partial charge is 0.416 e. The van der Waals surface area contributed by atoms with Crippen molar-refractivity contribution >= 4 is 29.2 Å². The van der Waals surface area contributed by atoms with Crippen molar-refractivity contribution in [3.63, 3.8) is 0 Å². The Balaban J connectivity index is 1.82. The standard InChI is InChI=1S/C18H17ClF3N3O3/c1-2-28-15(26)11-9-23-25(10-11)17(6-3-7-17)16(27)24-14-5-4-12(8-13(14)19)18(20,21)22/h4-5,8-10H,2-3,6-7H2,1H3,(H,24,27). The Bertz CT molecular complexity index is 907. The van der Waals surface area contributed by atoms with Crippen LogP contribution in [0.25, 0.3) is 0 Å². The van der Waals surface area contributed by atoms with E-state index in [0.717, 1.165) is 24.6 Å². The molecule has 1 aliphatic carbocycles. The molecule has 1 saturated carbocycles. The molecular formula is C18H17ClF3N3O3. The molecule has 1 aliphatic rings. The number of alkyl halides is 3. The summed E-state index contributed by atoms with van der Waals surface area (Å²) in [4.78, 5) is 24.7. The molecule has 28 heavy (non-hydrogen) atoms. The van der Waals surface area contributed by atoms with Crippen molar-refractivity contribution in [2.75, 3.05) is 11.9 Å². The zero-order chi connectivity index (χ0) is 20.5. The highest BCUT2D eigenvalue weighted by Gasteiger charge is 2.47. The molecule has 0 spiro atoms. The summed E-state index contributed by atoms with van der Waals surface area (Å²) in [6.07, 6.45) is -0.0632. The van der Waals surface area contributed by atoms with E-state index in [4.69, 9.17) is 16.3 Å². The maximum atomic E-state index is 12.9. The normalized spacial score (nSPS) is 15.6. The Labute approximate surface area is 163 Å². The van der Waals surface area contributed by atoms with Crippen molar-refractivity contribution in [2.24, 2.45) is 0 Å². The Kier molecular flexibility index (Phi) is 5.38. The van der Waals surface area contributed by atoms with Crippen LogP contribution in [-0.2, 0) is 21.2 Å². The monoisotopic (exact) mass is 415 g/mol. The fraction of sp³-hybridized carbons (Fsp3) is 0.389. The number of aromatic nitrogens is 2. The average molecular weight is 416 g/mol. The van der Waals surface area contributed by atoms with Crippen LogP contribution in [0.1, 0.15) is 42.1 Å². The molecule has 1 heterocycles. The van der Waals surface area contributed by atoms with Crippen LogP contribution in [0.15, 0.2) is 30.6 Å². The van der Waals surface area contributed by atoms with E-state index in [1.54, 1.807) is 6.92 Å². The molecule has 10 heteroatoms. The molecule has 0 aliphatic heterocycles. The summed E-state index contributed by atoms with van der Waals surface area (Å²) in [7, 11) is 0. The summed E-state index contributed by atoms with van der Waals surface area (Å²) in [5, 5.41) is 6.48. The van der Waals surface area contributed by atoms with Gasteiger partial charge in [0.05, 0.1) is 34.6 Å². The predicted octanol–water partition coefficient (Wildman–Crippen LogP) is 4.25. The van der Waals surface area contributed by atoms with E-state index >= 15 is 0 Å². The molecular weight excluding hydrogens is 399 g/mol. The summed E-state index contributed by atoms with van der Waals surface area (Å²) in [5.41, 5.74) is -1.64. The van der Waals surface area contributed by atoms with Crippen molar-refractivity contribution in [1.82, 2.24) is 9.78 Å². The second kappa shape index (κ2) is 7.46. The number of esters is 1. The number of anilines is 1. The van der Waals surface area contributed by atoms with Gasteiger partial charge in [-0.05, 0) is 44.4 Å². The number of ether oxygens (including phenoxy) is 1. The lowest BCUT2D eigenvalue weighted by molar-refractivity contribution is -0.137. The van der Waals surface area contributed by atoms with Gasteiger partial charge in [0.2, 0.25) is 0 Å². The van der Waals surface area contributed by atoms with Crippen molar-refractivity contribution < 1.29 is 27.5 Å². The third-order valence-corrected chi connectivity index (χ3v) is 4.99. The number of nitrogens with zero attached hydrogens (tertiary/aromatic N) is 2. The first-order valence-electron chi connectivity index (χ1n) is 8.58. The molecule has 2 aromatic rings. The van der Waals surface area contributed by atoms with Crippen LogP contribution in [-0.4, -0.2) is 28.3 Å². The number of halogens is 4. The lowest BCUT2D eigenvalue weighted by Gasteiger charge is -2.40. The third kappa shape index (κ3) is 3.71. The van der Waals surface area contributed by atoms with Crippen molar-refractivity contribution in [3.05, 3.63) is 46.7 Å². The lowest BCUT2D eigenvalue weighted by Crippen LogP contribution is -2.51. The summed E-state index contributed by atoms with van der Waals surface area (Å²) >= 11 is 5.92. The second-order valence-corrected chi connectivity index (χ2v) is 6.83. The minimum absolute atomic E-state index is 0.0729. The first-order valence-corrected chi connectivity index (χ1v) is 8.95. The first kappa shape index (κ1) is 20.2. The number of rotatable bonds is 5. The maximum absolute atomic E-state index is 12.9. The Morgan fingerprint density at radius 3 is 2.61 bits per heavy atom. The molecule has 6 nitrogen and oxygen atoms in total. The fourth-order valence-corrected chi connectivity index (χ4v) is 3.21. The first-order chi connectivity index (χ1) is 13.2. The molecule has 1 fully saturated rings. The number of hydrogen-bond donors (Lipinski definition) is 1. The summed E-state index contributed by atoms with van der Waals surface area (Å²) < 4.78 is 44.6. The number of carbonyl (C=O) groups excluding carboxylic acids is 2. The van der Waals surface area contributed by atoms with E-state index in [1.807, 2.05) is 0 Å². The van der Waals surface area contributed by atoms with E-state index in [9.17, 15) is 22.8 Å². The number of benzene rings is 1.